The molecule has 1 aromatic heterocycles. The molecule has 0 bridgehead atoms. The number of hydrogen-bond donors (Lipinski definition) is 2. The van der Waals surface area contributed by atoms with Gasteiger partial charge in [-0.2, -0.15) is 0 Å². The molecule has 1 unspecified atom stereocenters. The number of anilines is 1. The number of nitrogens with one attached hydrogen (secondary N) is 1. The van der Waals surface area contributed by atoms with Gasteiger partial charge in [-0.3, -0.25) is 4.79 Å². The van der Waals surface area contributed by atoms with Gasteiger partial charge < -0.3 is 15.3 Å². The Morgan fingerprint density at radius 1 is 1.38 bits per heavy atom. The summed E-state index contributed by atoms with van der Waals surface area (Å²) >= 11 is 0. The van der Waals surface area contributed by atoms with Gasteiger partial charge in [0, 0.05) is 18.9 Å². The summed E-state index contributed by atoms with van der Waals surface area (Å²) in [5.74, 6) is -0.958. The minimum Gasteiger partial charge on any atom is -0.480 e. The van der Waals surface area contributed by atoms with E-state index in [-0.39, 0.29) is 11.8 Å². The number of nitrogens with zero attached hydrogens (tertiary/aromatic N) is 3. The first-order chi connectivity index (χ1) is 10.0. The lowest BCUT2D eigenvalue weighted by Crippen LogP contribution is -2.51. The predicted octanol–water partition coefficient (Wildman–Crippen LogP) is 0.671. The van der Waals surface area contributed by atoms with Crippen molar-refractivity contribution in [3.8, 4) is 0 Å². The van der Waals surface area contributed by atoms with Crippen LogP contribution in [0.25, 0.3) is 0 Å². The van der Waals surface area contributed by atoms with Crippen LogP contribution in [0, 0.1) is 5.92 Å². The van der Waals surface area contributed by atoms with Crippen molar-refractivity contribution in [1.29, 1.82) is 0 Å². The van der Waals surface area contributed by atoms with Crippen LogP contribution in [0.1, 0.15) is 26.7 Å². The Morgan fingerprint density at radius 3 is 2.62 bits per heavy atom. The first-order valence-corrected chi connectivity index (χ1v) is 7.07. The van der Waals surface area contributed by atoms with Gasteiger partial charge in [0.15, 0.2) is 0 Å². The van der Waals surface area contributed by atoms with E-state index in [0.717, 1.165) is 6.42 Å². The van der Waals surface area contributed by atoms with E-state index in [9.17, 15) is 9.59 Å². The summed E-state index contributed by atoms with van der Waals surface area (Å²) in [5, 5.41) is 11.8. The lowest BCUT2D eigenvalue weighted by Gasteiger charge is -2.26. The lowest BCUT2D eigenvalue weighted by molar-refractivity contribution is -0.143. The molecular weight excluding hydrogens is 272 g/mol. The maximum atomic E-state index is 12.4. The summed E-state index contributed by atoms with van der Waals surface area (Å²) in [7, 11) is 0. The minimum atomic E-state index is -1.01. The second kappa shape index (κ2) is 6.51. The molecule has 21 heavy (non-hydrogen) atoms. The molecule has 1 fully saturated rings. The number of aromatic nitrogens is 2. The smallest absolute Gasteiger partial charge is 0.326 e. The number of hydrogen-bond acceptors (Lipinski definition) is 5. The zero-order valence-corrected chi connectivity index (χ0v) is 12.2. The van der Waals surface area contributed by atoms with E-state index in [1.54, 1.807) is 32.3 Å². The van der Waals surface area contributed by atoms with Gasteiger partial charge in [-0.15, -0.1) is 0 Å². The van der Waals surface area contributed by atoms with Crippen LogP contribution in [0.2, 0.25) is 0 Å². The number of rotatable bonds is 5. The van der Waals surface area contributed by atoms with Gasteiger partial charge in [0.1, 0.15) is 12.1 Å². The molecular formula is C14H20N4O3. The molecule has 7 heteroatoms. The fourth-order valence-electron chi connectivity index (χ4n) is 2.48. The van der Waals surface area contributed by atoms with Crippen LogP contribution in [0.15, 0.2) is 18.5 Å². The highest BCUT2D eigenvalue weighted by atomic mass is 16.4. The Morgan fingerprint density at radius 2 is 2.05 bits per heavy atom. The van der Waals surface area contributed by atoms with Gasteiger partial charge in [-0.05, 0) is 24.8 Å². The van der Waals surface area contributed by atoms with Crippen LogP contribution in [0.3, 0.4) is 0 Å². The first kappa shape index (κ1) is 15.2. The molecule has 7 nitrogen and oxygen atoms in total. The van der Waals surface area contributed by atoms with Crippen molar-refractivity contribution in [3.63, 3.8) is 0 Å². The molecule has 0 radical (unpaired) electrons. The van der Waals surface area contributed by atoms with Crippen molar-refractivity contribution < 1.29 is 14.7 Å². The van der Waals surface area contributed by atoms with E-state index in [2.05, 4.69) is 15.3 Å². The SMILES string of the molecule is CC(C)[C@H](NC(=O)C1CCCN1c1ncccn1)C(=O)O. The zero-order valence-electron chi connectivity index (χ0n) is 12.2. The number of amides is 1. The van der Waals surface area contributed by atoms with Crippen LogP contribution < -0.4 is 10.2 Å². The Bertz CT molecular complexity index is 506. The van der Waals surface area contributed by atoms with Gasteiger partial charge in [0.25, 0.3) is 0 Å². The largest absolute Gasteiger partial charge is 0.480 e. The second-order valence-corrected chi connectivity index (χ2v) is 5.47. The second-order valence-electron chi connectivity index (χ2n) is 5.47. The molecule has 1 amide bonds. The van der Waals surface area contributed by atoms with Crippen LogP contribution in [-0.4, -0.2) is 45.6 Å². The third-order valence-electron chi connectivity index (χ3n) is 3.59. The van der Waals surface area contributed by atoms with E-state index in [0.29, 0.717) is 18.9 Å². The molecule has 1 aliphatic rings. The number of carbonyl (C=O) groups excluding carboxylic acids is 1. The molecule has 1 aliphatic heterocycles. The lowest BCUT2D eigenvalue weighted by atomic mass is 10.0. The predicted molar refractivity (Wildman–Crippen MR) is 76.8 cm³/mol. The molecule has 0 aliphatic carbocycles. The molecule has 114 valence electrons. The fraction of sp³-hybridized carbons (Fsp3) is 0.571. The highest BCUT2D eigenvalue weighted by Crippen LogP contribution is 2.22. The van der Waals surface area contributed by atoms with E-state index < -0.39 is 18.1 Å². The Hall–Kier alpha value is -2.18. The van der Waals surface area contributed by atoms with Crippen molar-refractivity contribution in [2.24, 2.45) is 5.92 Å². The molecule has 2 atom stereocenters. The topological polar surface area (TPSA) is 95.4 Å². The standard InChI is InChI=1S/C14H20N4O3/c1-9(2)11(13(20)21)17-12(19)10-5-3-8-18(10)14-15-6-4-7-16-14/h4,6-7,9-11H,3,5,8H2,1-2H3,(H,17,19)(H,20,21)/t10?,11-/m0/s1. The molecule has 1 aromatic rings. The number of carboxylic acids is 1. The first-order valence-electron chi connectivity index (χ1n) is 7.07. The summed E-state index contributed by atoms with van der Waals surface area (Å²) in [6.45, 7) is 4.24. The number of carbonyl (C=O) groups is 2. The van der Waals surface area contributed by atoms with Crippen LogP contribution >= 0.6 is 0 Å². The summed E-state index contributed by atoms with van der Waals surface area (Å²) in [5.41, 5.74) is 0. The molecule has 2 N–H and O–H groups in total. The summed E-state index contributed by atoms with van der Waals surface area (Å²) in [4.78, 5) is 33.7. The minimum absolute atomic E-state index is 0.172. The van der Waals surface area contributed by atoms with Crippen LogP contribution in [0.5, 0.6) is 0 Å². The van der Waals surface area contributed by atoms with Crippen molar-refractivity contribution in [3.05, 3.63) is 18.5 Å². The van der Waals surface area contributed by atoms with Crippen LogP contribution in [0.4, 0.5) is 5.95 Å². The molecule has 0 aromatic carbocycles. The molecule has 2 heterocycles. The van der Waals surface area contributed by atoms with E-state index in [1.165, 1.54) is 0 Å². The van der Waals surface area contributed by atoms with E-state index >= 15 is 0 Å². The van der Waals surface area contributed by atoms with Gasteiger partial charge in [0.2, 0.25) is 11.9 Å². The van der Waals surface area contributed by atoms with Crippen molar-refractivity contribution >= 4 is 17.8 Å². The maximum Gasteiger partial charge on any atom is 0.326 e. The monoisotopic (exact) mass is 292 g/mol. The maximum absolute atomic E-state index is 12.4. The summed E-state index contributed by atoms with van der Waals surface area (Å²) in [6.07, 6.45) is 4.79. The number of aliphatic carboxylic acids is 1. The van der Waals surface area contributed by atoms with Gasteiger partial charge in [-0.25, -0.2) is 14.8 Å². The van der Waals surface area contributed by atoms with E-state index in [1.807, 2.05) is 4.90 Å². The van der Waals surface area contributed by atoms with Crippen LogP contribution in [-0.2, 0) is 9.59 Å². The number of carboxylic acid groups (broad SMARTS) is 1. The zero-order chi connectivity index (χ0) is 15.4. The molecule has 0 saturated carbocycles. The van der Waals surface area contributed by atoms with Gasteiger partial charge >= 0.3 is 5.97 Å². The normalized spacial score (nSPS) is 19.6. The molecule has 0 spiro atoms. The van der Waals surface area contributed by atoms with Crippen molar-refractivity contribution in [2.75, 3.05) is 11.4 Å². The van der Waals surface area contributed by atoms with Crippen molar-refractivity contribution in [2.45, 2.75) is 38.8 Å². The highest BCUT2D eigenvalue weighted by molar-refractivity contribution is 5.89. The fourth-order valence-corrected chi connectivity index (χ4v) is 2.48. The van der Waals surface area contributed by atoms with Crippen molar-refractivity contribution in [1.82, 2.24) is 15.3 Å². The van der Waals surface area contributed by atoms with E-state index in [4.69, 9.17) is 5.11 Å². The summed E-state index contributed by atoms with van der Waals surface area (Å²) in [6, 6.07) is 0.429. The Kier molecular flexibility index (Phi) is 4.72. The Balaban J connectivity index is 2.09. The summed E-state index contributed by atoms with van der Waals surface area (Å²) < 4.78 is 0. The average molecular weight is 292 g/mol. The molecule has 2 rings (SSSR count). The quantitative estimate of drug-likeness (QED) is 0.828. The third kappa shape index (κ3) is 3.48. The Labute approximate surface area is 123 Å². The van der Waals surface area contributed by atoms with Gasteiger partial charge in [-0.1, -0.05) is 13.8 Å². The highest BCUT2D eigenvalue weighted by Gasteiger charge is 2.35. The third-order valence-corrected chi connectivity index (χ3v) is 3.59. The molecule has 1 saturated heterocycles. The average Bonchev–Trinajstić information content (AvgIpc) is 2.94. The van der Waals surface area contributed by atoms with Gasteiger partial charge in [0.05, 0.1) is 0 Å².